The van der Waals surface area contributed by atoms with Crippen molar-refractivity contribution in [3.8, 4) is 0 Å². The highest BCUT2D eigenvalue weighted by Gasteiger charge is 2.13. The summed E-state index contributed by atoms with van der Waals surface area (Å²) >= 11 is 0. The number of para-hydroxylation sites is 1. The third-order valence-electron chi connectivity index (χ3n) is 5.29. The first kappa shape index (κ1) is 23.0. The fourth-order valence-electron chi connectivity index (χ4n) is 3.78. The molecule has 0 spiro atoms. The Morgan fingerprint density at radius 2 is 1.62 bits per heavy atom. The Bertz CT molecular complexity index is 861. The topological polar surface area (TPSA) is 17.0 Å². The molecule has 0 bridgehead atoms. The number of unbranched alkanes of at least 4 members (excludes halogenated alkanes) is 3. The van der Waals surface area contributed by atoms with Crippen molar-refractivity contribution in [1.29, 1.82) is 0 Å². The minimum Gasteiger partial charge on any atom is -0.347 e. The summed E-state index contributed by atoms with van der Waals surface area (Å²) in [6, 6.07) is 19.2. The van der Waals surface area contributed by atoms with Gasteiger partial charge in [-0.25, -0.2) is 0 Å². The van der Waals surface area contributed by atoms with Crippen LogP contribution in [0.3, 0.4) is 0 Å². The van der Waals surface area contributed by atoms with Gasteiger partial charge < -0.3 is 9.88 Å². The third-order valence-corrected chi connectivity index (χ3v) is 5.29. The van der Waals surface area contributed by atoms with Crippen LogP contribution < -0.4 is 5.32 Å². The Balaban J connectivity index is 0.000000941. The van der Waals surface area contributed by atoms with Crippen LogP contribution in [0, 0.1) is 5.92 Å². The molecule has 1 unspecified atom stereocenters. The molecule has 1 atom stereocenters. The SMILES string of the molecule is C=C(c1ccccc1)c1cn(CC(C)CCCCCC)c2ccccc12.CNC. The lowest BCUT2D eigenvalue weighted by molar-refractivity contribution is 0.433. The molecule has 0 radical (unpaired) electrons. The number of aromatic nitrogens is 1. The fraction of sp³-hybridized carbons (Fsp3) is 0.407. The molecule has 0 saturated heterocycles. The second kappa shape index (κ2) is 12.3. The van der Waals surface area contributed by atoms with Gasteiger partial charge in [0.25, 0.3) is 0 Å². The van der Waals surface area contributed by atoms with Gasteiger partial charge in [-0.05, 0) is 43.6 Å². The van der Waals surface area contributed by atoms with Gasteiger partial charge in [0.15, 0.2) is 0 Å². The van der Waals surface area contributed by atoms with E-state index in [1.54, 1.807) is 0 Å². The molecular formula is C27H38N2. The molecule has 2 aromatic carbocycles. The Labute approximate surface area is 177 Å². The van der Waals surface area contributed by atoms with Crippen LogP contribution in [-0.2, 0) is 6.54 Å². The molecule has 3 rings (SSSR count). The normalized spacial score (nSPS) is 11.7. The highest BCUT2D eigenvalue weighted by atomic mass is 15.0. The summed E-state index contributed by atoms with van der Waals surface area (Å²) in [5.41, 5.74) is 4.88. The van der Waals surface area contributed by atoms with E-state index >= 15 is 0 Å². The van der Waals surface area contributed by atoms with Gasteiger partial charge in [0.05, 0.1) is 0 Å². The molecule has 1 heterocycles. The highest BCUT2D eigenvalue weighted by Crippen LogP contribution is 2.31. The van der Waals surface area contributed by atoms with E-state index in [0.29, 0.717) is 5.92 Å². The lowest BCUT2D eigenvalue weighted by atomic mass is 9.99. The number of nitrogens with one attached hydrogen (secondary N) is 1. The zero-order chi connectivity index (χ0) is 21.1. The van der Waals surface area contributed by atoms with Gasteiger partial charge in [0.1, 0.15) is 0 Å². The molecule has 1 aromatic heterocycles. The minimum absolute atomic E-state index is 0.695. The molecule has 0 aliphatic rings. The predicted octanol–water partition coefficient (Wildman–Crippen LogP) is 7.14. The molecule has 2 heteroatoms. The van der Waals surface area contributed by atoms with Gasteiger partial charge in [0.2, 0.25) is 0 Å². The van der Waals surface area contributed by atoms with Crippen molar-refractivity contribution < 1.29 is 0 Å². The van der Waals surface area contributed by atoms with Crippen LogP contribution in [0.25, 0.3) is 16.5 Å². The molecule has 1 N–H and O–H groups in total. The van der Waals surface area contributed by atoms with Crippen molar-refractivity contribution in [1.82, 2.24) is 9.88 Å². The smallest absolute Gasteiger partial charge is 0.0486 e. The molecule has 0 amide bonds. The van der Waals surface area contributed by atoms with Crippen LogP contribution in [0.4, 0.5) is 0 Å². The van der Waals surface area contributed by atoms with Crippen molar-refractivity contribution in [3.63, 3.8) is 0 Å². The fourth-order valence-corrected chi connectivity index (χ4v) is 3.78. The van der Waals surface area contributed by atoms with Crippen LogP contribution in [0.1, 0.15) is 57.1 Å². The highest BCUT2D eigenvalue weighted by molar-refractivity contribution is 5.96. The second-order valence-electron chi connectivity index (χ2n) is 8.01. The number of rotatable bonds is 9. The number of benzene rings is 2. The average molecular weight is 391 g/mol. The standard InChI is InChI=1S/C25H31N.C2H7N/c1-4-5-6-8-13-20(2)18-26-19-24(23-16-11-12-17-25(23)26)21(3)22-14-9-7-10-15-22;1-3-2/h7,9-12,14-17,19-20H,3-6,8,13,18H2,1-2H3;3H,1-2H3. The number of hydrogen-bond donors (Lipinski definition) is 1. The average Bonchev–Trinajstić information content (AvgIpc) is 3.10. The largest absolute Gasteiger partial charge is 0.347 e. The first-order chi connectivity index (χ1) is 14.1. The van der Waals surface area contributed by atoms with Crippen LogP contribution >= 0.6 is 0 Å². The van der Waals surface area contributed by atoms with Crippen LogP contribution in [0.15, 0.2) is 67.4 Å². The summed E-state index contributed by atoms with van der Waals surface area (Å²) in [6.45, 7) is 10.1. The number of nitrogens with zero attached hydrogens (tertiary/aromatic N) is 1. The molecule has 3 aromatic rings. The van der Waals surface area contributed by atoms with E-state index in [0.717, 1.165) is 12.1 Å². The lowest BCUT2D eigenvalue weighted by Gasteiger charge is -2.13. The number of hydrogen-bond acceptors (Lipinski definition) is 1. The maximum absolute atomic E-state index is 4.39. The number of fused-ring (bicyclic) bond motifs is 1. The summed E-state index contributed by atoms with van der Waals surface area (Å²) in [4.78, 5) is 0. The molecule has 29 heavy (non-hydrogen) atoms. The minimum atomic E-state index is 0.695. The van der Waals surface area contributed by atoms with E-state index in [1.807, 2.05) is 14.1 Å². The van der Waals surface area contributed by atoms with E-state index in [-0.39, 0.29) is 0 Å². The zero-order valence-electron chi connectivity index (χ0n) is 18.7. The lowest BCUT2D eigenvalue weighted by Crippen LogP contribution is -2.06. The monoisotopic (exact) mass is 390 g/mol. The molecule has 156 valence electrons. The molecule has 0 saturated carbocycles. The maximum atomic E-state index is 4.39. The van der Waals surface area contributed by atoms with E-state index < -0.39 is 0 Å². The maximum Gasteiger partial charge on any atom is 0.0486 e. The quantitative estimate of drug-likeness (QED) is 0.384. The summed E-state index contributed by atoms with van der Waals surface area (Å²) in [5.74, 6) is 0.695. The van der Waals surface area contributed by atoms with Crippen molar-refractivity contribution in [2.45, 2.75) is 52.5 Å². The first-order valence-electron chi connectivity index (χ1n) is 11.0. The van der Waals surface area contributed by atoms with Crippen LogP contribution in [0.2, 0.25) is 0 Å². The molecule has 2 nitrogen and oxygen atoms in total. The van der Waals surface area contributed by atoms with Gasteiger partial charge in [-0.1, -0.05) is 94.6 Å². The Hall–Kier alpha value is -2.32. The first-order valence-corrected chi connectivity index (χ1v) is 11.0. The van der Waals surface area contributed by atoms with E-state index in [4.69, 9.17) is 0 Å². The van der Waals surface area contributed by atoms with Gasteiger partial charge in [0, 0.05) is 29.2 Å². The second-order valence-corrected chi connectivity index (χ2v) is 8.01. The Morgan fingerprint density at radius 3 is 2.31 bits per heavy atom. The molecule has 0 aliphatic carbocycles. The summed E-state index contributed by atoms with van der Waals surface area (Å²) in [6.07, 6.45) is 8.99. The summed E-state index contributed by atoms with van der Waals surface area (Å²) < 4.78 is 2.43. The Kier molecular flexibility index (Phi) is 9.73. The van der Waals surface area contributed by atoms with E-state index in [9.17, 15) is 0 Å². The van der Waals surface area contributed by atoms with Crippen LogP contribution in [0.5, 0.6) is 0 Å². The Morgan fingerprint density at radius 1 is 0.966 bits per heavy atom. The van der Waals surface area contributed by atoms with E-state index in [2.05, 4.69) is 91.1 Å². The zero-order valence-corrected chi connectivity index (χ0v) is 18.7. The van der Waals surface area contributed by atoms with Crippen molar-refractivity contribution in [2.24, 2.45) is 5.92 Å². The summed E-state index contributed by atoms with van der Waals surface area (Å²) in [5, 5.41) is 4.06. The third kappa shape index (κ3) is 6.61. The van der Waals surface area contributed by atoms with Crippen molar-refractivity contribution in [2.75, 3.05) is 14.1 Å². The van der Waals surface area contributed by atoms with Crippen molar-refractivity contribution in [3.05, 3.63) is 78.5 Å². The summed E-state index contributed by atoms with van der Waals surface area (Å²) in [7, 11) is 3.75. The molecule has 0 aliphatic heterocycles. The van der Waals surface area contributed by atoms with Gasteiger partial charge in [-0.15, -0.1) is 0 Å². The molecular weight excluding hydrogens is 352 g/mol. The van der Waals surface area contributed by atoms with Gasteiger partial charge >= 0.3 is 0 Å². The molecule has 0 fully saturated rings. The van der Waals surface area contributed by atoms with Crippen LogP contribution in [-0.4, -0.2) is 18.7 Å². The predicted molar refractivity (Wildman–Crippen MR) is 129 cm³/mol. The van der Waals surface area contributed by atoms with E-state index in [1.165, 1.54) is 54.1 Å². The van der Waals surface area contributed by atoms with Gasteiger partial charge in [-0.2, -0.15) is 0 Å². The van der Waals surface area contributed by atoms with Gasteiger partial charge in [-0.3, -0.25) is 0 Å². The van der Waals surface area contributed by atoms with Crippen molar-refractivity contribution >= 4 is 16.5 Å².